The number of rotatable bonds is 2. The van der Waals surface area contributed by atoms with E-state index in [1.54, 1.807) is 27.7 Å². The lowest BCUT2D eigenvalue weighted by Crippen LogP contribution is -2.16. The minimum atomic E-state index is -0.593. The topological polar surface area (TPSA) is 35.5 Å². The van der Waals surface area contributed by atoms with Crippen molar-refractivity contribution >= 4 is 29.2 Å². The summed E-state index contributed by atoms with van der Waals surface area (Å²) in [6.07, 6.45) is -0.803. The van der Waals surface area contributed by atoms with Gasteiger partial charge in [0.1, 0.15) is 0 Å². The van der Waals surface area contributed by atoms with Gasteiger partial charge in [0, 0.05) is 0 Å². The fourth-order valence-corrected chi connectivity index (χ4v) is 0.413. The van der Waals surface area contributed by atoms with Gasteiger partial charge < -0.3 is 9.47 Å². The molecule has 0 heterocycles. The lowest BCUT2D eigenvalue weighted by Gasteiger charge is -2.10. The van der Waals surface area contributed by atoms with E-state index < -0.39 is 6.16 Å². The van der Waals surface area contributed by atoms with Crippen LogP contribution in [0.1, 0.15) is 27.7 Å². The molecule has 0 spiro atoms. The Labute approximate surface area is 83.6 Å². The molecule has 0 atom stereocenters. The lowest BCUT2D eigenvalue weighted by molar-refractivity contribution is 0.0167. The normalized spacial score (nSPS) is 9.27. The number of carbonyl (C=O) groups excluding carboxylic acids is 1. The summed E-state index contributed by atoms with van der Waals surface area (Å²) in [4.78, 5) is 10.6. The molecule has 0 unspecified atom stereocenters. The molecule has 0 aromatic heterocycles. The zero-order chi connectivity index (χ0) is 8.15. The maximum absolute atomic E-state index is 10.6. The molecule has 0 rings (SSSR count). The van der Waals surface area contributed by atoms with Crippen molar-refractivity contribution in [2.24, 2.45) is 0 Å². The number of hydrogen-bond donors (Lipinski definition) is 0. The Balaban J connectivity index is 0. The van der Waals surface area contributed by atoms with Crippen LogP contribution in [0.4, 0.5) is 4.79 Å². The Morgan fingerprint density at radius 2 is 1.27 bits per heavy atom. The molecule has 0 aliphatic heterocycles. The van der Waals surface area contributed by atoms with Gasteiger partial charge in [0.25, 0.3) is 0 Å². The highest BCUT2D eigenvalue weighted by atomic mass is 24.3. The van der Waals surface area contributed by atoms with Crippen LogP contribution in [0, 0.1) is 0 Å². The van der Waals surface area contributed by atoms with Gasteiger partial charge in [0.15, 0.2) is 0 Å². The molecule has 0 aromatic carbocycles. The van der Waals surface area contributed by atoms with E-state index in [1.165, 1.54) is 0 Å². The predicted molar refractivity (Wildman–Crippen MR) is 46.4 cm³/mol. The molecule has 0 saturated carbocycles. The minimum absolute atomic E-state index is 0. The van der Waals surface area contributed by atoms with E-state index in [0.29, 0.717) is 0 Å². The van der Waals surface area contributed by atoms with Crippen molar-refractivity contribution in [3.05, 3.63) is 0 Å². The van der Waals surface area contributed by atoms with Crippen molar-refractivity contribution in [1.29, 1.82) is 0 Å². The second kappa shape index (κ2) is 6.73. The Morgan fingerprint density at radius 1 is 1.00 bits per heavy atom. The molecule has 3 nitrogen and oxygen atoms in total. The number of ether oxygens (including phenoxy) is 2. The Bertz CT molecular complexity index is 100. The monoisotopic (exact) mass is 172 g/mol. The highest BCUT2D eigenvalue weighted by Gasteiger charge is 2.07. The number of carbonyl (C=O) groups is 1. The van der Waals surface area contributed by atoms with E-state index in [1.807, 2.05) is 0 Å². The fourth-order valence-electron chi connectivity index (χ4n) is 0.413. The lowest BCUT2D eigenvalue weighted by atomic mass is 10.5. The molecular formula is C7H16MgO3. The van der Waals surface area contributed by atoms with Crippen LogP contribution in [0.3, 0.4) is 0 Å². The minimum Gasteiger partial charge on any atom is -0.432 e. The smallest absolute Gasteiger partial charge is 0.432 e. The third-order valence-corrected chi connectivity index (χ3v) is 0.664. The van der Waals surface area contributed by atoms with Crippen LogP contribution in [0.2, 0.25) is 0 Å². The van der Waals surface area contributed by atoms with Crippen molar-refractivity contribution in [2.45, 2.75) is 39.9 Å². The van der Waals surface area contributed by atoms with Crippen LogP contribution < -0.4 is 0 Å². The average molecular weight is 173 g/mol. The standard InChI is InChI=1S/C7H14O3.Mg.2H/c1-5(2)9-7(8)10-6(3)4;;;/h5-6H,1-4H3;;;. The van der Waals surface area contributed by atoms with Crippen molar-refractivity contribution in [2.75, 3.05) is 0 Å². The summed E-state index contributed by atoms with van der Waals surface area (Å²) in [5, 5.41) is 0. The van der Waals surface area contributed by atoms with Gasteiger partial charge in [0.2, 0.25) is 0 Å². The van der Waals surface area contributed by atoms with Crippen LogP contribution in [0.5, 0.6) is 0 Å². The van der Waals surface area contributed by atoms with Gasteiger partial charge in [-0.05, 0) is 27.7 Å². The number of hydrogen-bond acceptors (Lipinski definition) is 3. The van der Waals surface area contributed by atoms with Gasteiger partial charge in [-0.25, -0.2) is 4.79 Å². The van der Waals surface area contributed by atoms with E-state index in [-0.39, 0.29) is 35.3 Å². The summed E-state index contributed by atoms with van der Waals surface area (Å²) < 4.78 is 9.40. The highest BCUT2D eigenvalue weighted by molar-refractivity contribution is 5.75. The van der Waals surface area contributed by atoms with E-state index >= 15 is 0 Å². The van der Waals surface area contributed by atoms with Crippen LogP contribution in [0.25, 0.3) is 0 Å². The molecule has 64 valence electrons. The van der Waals surface area contributed by atoms with Crippen molar-refractivity contribution in [1.82, 2.24) is 0 Å². The van der Waals surface area contributed by atoms with Crippen molar-refractivity contribution < 1.29 is 14.3 Å². The van der Waals surface area contributed by atoms with E-state index in [2.05, 4.69) is 0 Å². The van der Waals surface area contributed by atoms with Gasteiger partial charge in [-0.3, -0.25) is 0 Å². The quantitative estimate of drug-likeness (QED) is 0.461. The first-order chi connectivity index (χ1) is 4.52. The molecule has 0 fully saturated rings. The van der Waals surface area contributed by atoms with E-state index in [4.69, 9.17) is 9.47 Å². The first-order valence-corrected chi connectivity index (χ1v) is 3.39. The summed E-state index contributed by atoms with van der Waals surface area (Å²) in [6, 6.07) is 0. The summed E-state index contributed by atoms with van der Waals surface area (Å²) in [5.41, 5.74) is 0. The second-order valence-electron chi connectivity index (χ2n) is 2.58. The zero-order valence-electron chi connectivity index (χ0n) is 6.88. The highest BCUT2D eigenvalue weighted by Crippen LogP contribution is 1.95. The van der Waals surface area contributed by atoms with Crippen LogP contribution in [0.15, 0.2) is 0 Å². The second-order valence-corrected chi connectivity index (χ2v) is 2.58. The fraction of sp³-hybridized carbons (Fsp3) is 0.857. The molecular weight excluding hydrogens is 156 g/mol. The first-order valence-electron chi connectivity index (χ1n) is 3.39. The molecule has 4 heteroatoms. The summed E-state index contributed by atoms with van der Waals surface area (Å²) in [7, 11) is 0. The third kappa shape index (κ3) is 10.0. The summed E-state index contributed by atoms with van der Waals surface area (Å²) >= 11 is 0. The van der Waals surface area contributed by atoms with Gasteiger partial charge in [-0.1, -0.05) is 0 Å². The molecule has 11 heavy (non-hydrogen) atoms. The zero-order valence-corrected chi connectivity index (χ0v) is 6.88. The van der Waals surface area contributed by atoms with Gasteiger partial charge >= 0.3 is 29.2 Å². The Kier molecular flexibility index (Phi) is 8.33. The SMILES string of the molecule is CC(C)OC(=O)OC(C)C.[MgH2]. The maximum Gasteiger partial charge on any atom is 0.508 e. The summed E-state index contributed by atoms with van der Waals surface area (Å²) in [6.45, 7) is 7.12. The molecule has 0 saturated heterocycles. The van der Waals surface area contributed by atoms with Gasteiger partial charge in [-0.15, -0.1) is 0 Å². The van der Waals surface area contributed by atoms with Crippen LogP contribution in [-0.2, 0) is 9.47 Å². The molecule has 0 aliphatic rings. The van der Waals surface area contributed by atoms with Crippen molar-refractivity contribution in [3.63, 3.8) is 0 Å². The third-order valence-electron chi connectivity index (χ3n) is 0.664. The van der Waals surface area contributed by atoms with Crippen LogP contribution in [-0.4, -0.2) is 41.4 Å². The molecule has 0 radical (unpaired) electrons. The largest absolute Gasteiger partial charge is 0.508 e. The van der Waals surface area contributed by atoms with Crippen LogP contribution >= 0.6 is 0 Å². The van der Waals surface area contributed by atoms with E-state index in [0.717, 1.165) is 0 Å². The Hall–Kier alpha value is 0.0362. The molecule has 0 amide bonds. The van der Waals surface area contributed by atoms with E-state index in [9.17, 15) is 4.79 Å². The first kappa shape index (κ1) is 13.6. The molecule has 0 aliphatic carbocycles. The molecule has 0 aromatic rings. The molecule has 0 bridgehead atoms. The summed E-state index contributed by atoms with van der Waals surface area (Å²) in [5.74, 6) is 0. The van der Waals surface area contributed by atoms with Gasteiger partial charge in [0.05, 0.1) is 12.2 Å². The van der Waals surface area contributed by atoms with Crippen molar-refractivity contribution in [3.8, 4) is 0 Å². The molecule has 0 N–H and O–H groups in total. The Morgan fingerprint density at radius 3 is 1.45 bits per heavy atom. The maximum atomic E-state index is 10.6. The average Bonchev–Trinajstić information content (AvgIpc) is 1.58. The van der Waals surface area contributed by atoms with Gasteiger partial charge in [-0.2, -0.15) is 0 Å². The predicted octanol–water partition coefficient (Wildman–Crippen LogP) is 1.04.